The highest BCUT2D eigenvalue weighted by atomic mass is 19.1. The highest BCUT2D eigenvalue weighted by Crippen LogP contribution is 2.31. The van der Waals surface area contributed by atoms with Gasteiger partial charge in [-0.3, -0.25) is 24.1 Å². The highest BCUT2D eigenvalue weighted by molar-refractivity contribution is 6.26. The monoisotopic (exact) mass is 304 g/mol. The van der Waals surface area contributed by atoms with Crippen LogP contribution in [0.2, 0.25) is 0 Å². The maximum atomic E-state index is 13.3. The maximum Gasteiger partial charge on any atom is 0.262 e. The number of nitrogens with one attached hydrogen (secondary N) is 1. The Hall–Kier alpha value is -2.57. The van der Waals surface area contributed by atoms with E-state index in [9.17, 15) is 23.6 Å². The Morgan fingerprint density at radius 3 is 2.59 bits per heavy atom. The first-order chi connectivity index (χ1) is 10.5. The van der Waals surface area contributed by atoms with Crippen LogP contribution < -0.4 is 5.32 Å². The second-order valence-corrected chi connectivity index (χ2v) is 5.29. The molecule has 2 aliphatic heterocycles. The summed E-state index contributed by atoms with van der Waals surface area (Å²) >= 11 is 0. The quantitative estimate of drug-likeness (QED) is 0.707. The summed E-state index contributed by atoms with van der Waals surface area (Å²) in [5.41, 5.74) is 0.208. The van der Waals surface area contributed by atoms with Gasteiger partial charge in [0.1, 0.15) is 11.9 Å². The largest absolute Gasteiger partial charge is 0.349 e. The zero-order valence-corrected chi connectivity index (χ0v) is 11.6. The van der Waals surface area contributed by atoms with E-state index >= 15 is 0 Å². The molecule has 3 amide bonds. The molecule has 2 saturated heterocycles. The standard InChI is InChI=1S/C15H13FN2O4/c16-8-1-3-9-10(4-2-8)15(22)18(14(9)21)11-5-6-13(20)17-7-12(11)19/h1,3-4,11H,2,5-7H2,(H,17,20). The van der Waals surface area contributed by atoms with Crippen molar-refractivity contribution < 1.29 is 23.6 Å². The molecule has 6 nitrogen and oxygen atoms in total. The number of halogens is 1. The van der Waals surface area contributed by atoms with Gasteiger partial charge in [-0.1, -0.05) is 6.08 Å². The van der Waals surface area contributed by atoms with E-state index in [1.165, 1.54) is 12.2 Å². The van der Waals surface area contributed by atoms with E-state index in [0.717, 1.165) is 11.0 Å². The summed E-state index contributed by atoms with van der Waals surface area (Å²) < 4.78 is 13.3. The minimum atomic E-state index is -0.957. The Morgan fingerprint density at radius 1 is 1.09 bits per heavy atom. The molecule has 2 fully saturated rings. The van der Waals surface area contributed by atoms with Crippen LogP contribution in [0.4, 0.5) is 4.39 Å². The molecule has 1 unspecified atom stereocenters. The molecule has 3 rings (SSSR count). The van der Waals surface area contributed by atoms with Gasteiger partial charge >= 0.3 is 0 Å². The Balaban J connectivity index is 1.96. The van der Waals surface area contributed by atoms with Gasteiger partial charge in [0.15, 0.2) is 5.78 Å². The number of fused-ring (bicyclic) bond motifs is 1. The number of allylic oxidation sites excluding steroid dienone is 4. The molecule has 0 saturated carbocycles. The molecule has 0 radical (unpaired) electrons. The number of carbonyl (C=O) groups is 4. The van der Waals surface area contributed by atoms with Crippen LogP contribution in [0.1, 0.15) is 19.3 Å². The SMILES string of the molecule is O=C1CCC(N2C(=O)C3=CC=C(F)CC=C3C2=O)C(=O)CN1. The Bertz CT molecular complexity index is 690. The van der Waals surface area contributed by atoms with Crippen LogP contribution in [0.15, 0.2) is 35.2 Å². The molecule has 1 N–H and O–H groups in total. The zero-order chi connectivity index (χ0) is 15.9. The molecule has 0 spiro atoms. The van der Waals surface area contributed by atoms with Gasteiger partial charge in [0, 0.05) is 18.4 Å². The van der Waals surface area contributed by atoms with Crippen molar-refractivity contribution in [2.45, 2.75) is 25.3 Å². The number of nitrogens with zero attached hydrogens (tertiary/aromatic N) is 1. The molecule has 0 aromatic heterocycles. The van der Waals surface area contributed by atoms with Crippen molar-refractivity contribution in [1.29, 1.82) is 0 Å². The third-order valence-electron chi connectivity index (χ3n) is 3.91. The number of carbonyl (C=O) groups excluding carboxylic acids is 4. The first-order valence-electron chi connectivity index (χ1n) is 6.93. The van der Waals surface area contributed by atoms with Crippen molar-refractivity contribution in [3.05, 3.63) is 35.2 Å². The summed E-state index contributed by atoms with van der Waals surface area (Å²) in [6.45, 7) is -0.201. The first-order valence-corrected chi connectivity index (χ1v) is 6.93. The lowest BCUT2D eigenvalue weighted by Gasteiger charge is -2.22. The maximum absolute atomic E-state index is 13.3. The summed E-state index contributed by atoms with van der Waals surface area (Å²) in [6.07, 6.45) is 3.87. The summed E-state index contributed by atoms with van der Waals surface area (Å²) in [5.74, 6) is -2.33. The smallest absolute Gasteiger partial charge is 0.262 e. The van der Waals surface area contributed by atoms with Crippen molar-refractivity contribution in [3.8, 4) is 0 Å². The van der Waals surface area contributed by atoms with Gasteiger partial charge < -0.3 is 5.32 Å². The molecule has 7 heteroatoms. The molecule has 0 aromatic carbocycles. The van der Waals surface area contributed by atoms with Crippen LogP contribution in [0, 0.1) is 0 Å². The Morgan fingerprint density at radius 2 is 1.82 bits per heavy atom. The van der Waals surface area contributed by atoms with Crippen molar-refractivity contribution in [2.24, 2.45) is 0 Å². The van der Waals surface area contributed by atoms with E-state index in [0.29, 0.717) is 0 Å². The van der Waals surface area contributed by atoms with E-state index in [-0.39, 0.29) is 48.6 Å². The van der Waals surface area contributed by atoms with Gasteiger partial charge in [0.2, 0.25) is 5.91 Å². The van der Waals surface area contributed by atoms with Crippen LogP contribution in [0.3, 0.4) is 0 Å². The summed E-state index contributed by atoms with van der Waals surface area (Å²) in [4.78, 5) is 49.2. The average molecular weight is 304 g/mol. The predicted octanol–water partition coefficient (Wildman–Crippen LogP) is 0.313. The minimum absolute atomic E-state index is 0.0686. The number of hydrogen-bond donors (Lipinski definition) is 1. The summed E-state index contributed by atoms with van der Waals surface area (Å²) in [7, 11) is 0. The van der Waals surface area contributed by atoms with E-state index in [4.69, 9.17) is 0 Å². The van der Waals surface area contributed by atoms with Crippen molar-refractivity contribution >= 4 is 23.5 Å². The molecule has 3 aliphatic rings. The fourth-order valence-electron chi connectivity index (χ4n) is 2.76. The minimum Gasteiger partial charge on any atom is -0.349 e. The Labute approximate surface area is 125 Å². The molecule has 2 heterocycles. The van der Waals surface area contributed by atoms with Crippen molar-refractivity contribution in [1.82, 2.24) is 10.2 Å². The van der Waals surface area contributed by atoms with E-state index in [1.807, 2.05) is 0 Å². The fourth-order valence-corrected chi connectivity index (χ4v) is 2.76. The van der Waals surface area contributed by atoms with E-state index in [2.05, 4.69) is 5.32 Å². The fraction of sp³-hybridized carbons (Fsp3) is 0.333. The molecule has 1 atom stereocenters. The van der Waals surface area contributed by atoms with Crippen LogP contribution in [-0.4, -0.2) is 41.0 Å². The third-order valence-corrected chi connectivity index (χ3v) is 3.91. The first kappa shape index (κ1) is 14.4. The second-order valence-electron chi connectivity index (χ2n) is 5.29. The number of Topliss-reactive ketones (excluding diaryl/α,β-unsaturated/α-hetero) is 1. The van der Waals surface area contributed by atoms with Crippen LogP contribution in [0.25, 0.3) is 0 Å². The highest BCUT2D eigenvalue weighted by Gasteiger charge is 2.45. The van der Waals surface area contributed by atoms with Gasteiger partial charge in [0.25, 0.3) is 11.8 Å². The molecular weight excluding hydrogens is 291 g/mol. The van der Waals surface area contributed by atoms with Crippen molar-refractivity contribution in [2.75, 3.05) is 6.54 Å². The summed E-state index contributed by atoms with van der Waals surface area (Å²) in [6, 6.07) is -0.957. The second kappa shape index (κ2) is 5.32. The molecule has 22 heavy (non-hydrogen) atoms. The Kier molecular flexibility index (Phi) is 3.48. The number of ketones is 1. The number of rotatable bonds is 1. The van der Waals surface area contributed by atoms with Gasteiger partial charge in [-0.25, -0.2) is 4.39 Å². The number of likely N-dealkylation sites (tertiary alicyclic amines) is 1. The lowest BCUT2D eigenvalue weighted by atomic mass is 10.1. The third kappa shape index (κ3) is 2.28. The molecule has 0 bridgehead atoms. The normalized spacial score (nSPS) is 25.8. The molecule has 0 aromatic rings. The van der Waals surface area contributed by atoms with Gasteiger partial charge in [-0.2, -0.15) is 0 Å². The van der Waals surface area contributed by atoms with Crippen molar-refractivity contribution in [3.63, 3.8) is 0 Å². The number of hydrogen-bond acceptors (Lipinski definition) is 4. The van der Waals surface area contributed by atoms with Gasteiger partial charge in [-0.15, -0.1) is 0 Å². The molecule has 114 valence electrons. The van der Waals surface area contributed by atoms with Crippen LogP contribution in [0.5, 0.6) is 0 Å². The van der Waals surface area contributed by atoms with Gasteiger partial charge in [0.05, 0.1) is 12.1 Å². The topological polar surface area (TPSA) is 83.6 Å². The van der Waals surface area contributed by atoms with E-state index < -0.39 is 23.7 Å². The van der Waals surface area contributed by atoms with Gasteiger partial charge in [-0.05, 0) is 18.6 Å². The molecule has 1 aliphatic carbocycles. The van der Waals surface area contributed by atoms with E-state index in [1.54, 1.807) is 0 Å². The summed E-state index contributed by atoms with van der Waals surface area (Å²) in [5, 5.41) is 2.43. The predicted molar refractivity (Wildman–Crippen MR) is 72.9 cm³/mol. The average Bonchev–Trinajstić information content (AvgIpc) is 2.67. The molecular formula is C15H13FN2O4. The number of amides is 3. The lowest BCUT2D eigenvalue weighted by Crippen LogP contribution is -2.46. The zero-order valence-electron chi connectivity index (χ0n) is 11.6. The lowest BCUT2D eigenvalue weighted by molar-refractivity contribution is -0.144. The van der Waals surface area contributed by atoms with Crippen LogP contribution >= 0.6 is 0 Å². The van der Waals surface area contributed by atoms with Crippen LogP contribution in [-0.2, 0) is 19.2 Å². The number of imide groups is 1.